The summed E-state index contributed by atoms with van der Waals surface area (Å²) in [4.78, 5) is 19.4. The van der Waals surface area contributed by atoms with E-state index in [4.69, 9.17) is 0 Å². The molecule has 1 heterocycles. The molecule has 0 amide bonds. The number of nitrogens with zero attached hydrogens (tertiary/aromatic N) is 2. The topological polar surface area (TPSA) is 64.1 Å². The number of aromatic nitrogens is 2. The van der Waals surface area contributed by atoms with Crippen LogP contribution in [-0.2, 0) is 4.74 Å². The van der Waals surface area contributed by atoms with Crippen LogP contribution in [0, 0.1) is 12.8 Å². The number of rotatable bonds is 4. The number of hydrogen-bond donors (Lipinski definition) is 1. The summed E-state index contributed by atoms with van der Waals surface area (Å²) in [6, 6.07) is 1.80. The molecule has 0 radical (unpaired) electrons. The van der Waals surface area contributed by atoms with E-state index >= 15 is 0 Å². The fraction of sp³-hybridized carbons (Fsp3) is 0.545. The summed E-state index contributed by atoms with van der Waals surface area (Å²) in [6.07, 6.45) is 0. The van der Waals surface area contributed by atoms with Gasteiger partial charge in [0.1, 0.15) is 5.82 Å². The van der Waals surface area contributed by atoms with Gasteiger partial charge in [0.2, 0.25) is 5.82 Å². The molecule has 5 heteroatoms. The van der Waals surface area contributed by atoms with Crippen molar-refractivity contribution in [3.8, 4) is 0 Å². The lowest BCUT2D eigenvalue weighted by Crippen LogP contribution is -2.14. The molecular formula is C11H17N3O2. The van der Waals surface area contributed by atoms with Crippen molar-refractivity contribution in [3.63, 3.8) is 0 Å². The van der Waals surface area contributed by atoms with E-state index in [2.05, 4.69) is 33.9 Å². The van der Waals surface area contributed by atoms with Gasteiger partial charge in [0.25, 0.3) is 0 Å². The fourth-order valence-corrected chi connectivity index (χ4v) is 1.15. The third kappa shape index (κ3) is 3.49. The maximum absolute atomic E-state index is 11.3. The molecule has 0 saturated heterocycles. The first-order chi connectivity index (χ1) is 7.52. The zero-order valence-electron chi connectivity index (χ0n) is 10.1. The van der Waals surface area contributed by atoms with Gasteiger partial charge in [-0.25, -0.2) is 14.8 Å². The Bertz CT molecular complexity index is 377. The largest absolute Gasteiger partial charge is 0.463 e. The van der Waals surface area contributed by atoms with E-state index in [1.165, 1.54) is 7.11 Å². The van der Waals surface area contributed by atoms with Crippen molar-refractivity contribution in [2.24, 2.45) is 5.92 Å². The van der Waals surface area contributed by atoms with Crippen molar-refractivity contribution in [2.45, 2.75) is 20.8 Å². The fourth-order valence-electron chi connectivity index (χ4n) is 1.15. The maximum Gasteiger partial charge on any atom is 0.376 e. The van der Waals surface area contributed by atoms with Crippen LogP contribution in [0.25, 0.3) is 0 Å². The van der Waals surface area contributed by atoms with Gasteiger partial charge in [0.05, 0.1) is 7.11 Å². The average molecular weight is 223 g/mol. The Morgan fingerprint density at radius 3 is 2.75 bits per heavy atom. The summed E-state index contributed by atoms with van der Waals surface area (Å²) in [6.45, 7) is 6.82. The molecule has 0 fully saturated rings. The van der Waals surface area contributed by atoms with Crippen LogP contribution >= 0.6 is 0 Å². The van der Waals surface area contributed by atoms with Crippen molar-refractivity contribution in [3.05, 3.63) is 17.6 Å². The van der Waals surface area contributed by atoms with Gasteiger partial charge >= 0.3 is 5.97 Å². The summed E-state index contributed by atoms with van der Waals surface area (Å²) in [5.41, 5.74) is 0.738. The zero-order valence-corrected chi connectivity index (χ0v) is 10.1. The molecule has 0 bridgehead atoms. The van der Waals surface area contributed by atoms with E-state index in [1.807, 2.05) is 6.92 Å². The second kappa shape index (κ2) is 5.44. The monoisotopic (exact) mass is 223 g/mol. The highest BCUT2D eigenvalue weighted by Crippen LogP contribution is 2.07. The third-order valence-corrected chi connectivity index (χ3v) is 1.91. The lowest BCUT2D eigenvalue weighted by atomic mass is 10.2. The standard InChI is InChI=1S/C11H17N3O2/c1-7(2)6-12-9-5-8(3)13-10(14-9)11(15)16-4/h5,7H,6H2,1-4H3,(H,12,13,14). The number of carbonyl (C=O) groups excluding carboxylic acids is 1. The van der Waals surface area contributed by atoms with Crippen LogP contribution in [0.4, 0.5) is 5.82 Å². The molecular weight excluding hydrogens is 206 g/mol. The van der Waals surface area contributed by atoms with E-state index in [-0.39, 0.29) is 5.82 Å². The van der Waals surface area contributed by atoms with Gasteiger partial charge in [-0.05, 0) is 12.8 Å². The average Bonchev–Trinajstić information content (AvgIpc) is 2.24. The van der Waals surface area contributed by atoms with Gasteiger partial charge < -0.3 is 10.1 Å². The van der Waals surface area contributed by atoms with E-state index < -0.39 is 5.97 Å². The molecule has 0 atom stereocenters. The Kier molecular flexibility index (Phi) is 4.22. The van der Waals surface area contributed by atoms with Crippen molar-refractivity contribution in [2.75, 3.05) is 19.0 Å². The molecule has 5 nitrogen and oxygen atoms in total. The summed E-state index contributed by atoms with van der Waals surface area (Å²) in [7, 11) is 1.31. The van der Waals surface area contributed by atoms with Crippen molar-refractivity contribution >= 4 is 11.8 Å². The Hall–Kier alpha value is -1.65. The van der Waals surface area contributed by atoms with Gasteiger partial charge in [-0.1, -0.05) is 13.8 Å². The lowest BCUT2D eigenvalue weighted by Gasteiger charge is -2.09. The molecule has 1 rings (SSSR count). The minimum absolute atomic E-state index is 0.0914. The zero-order chi connectivity index (χ0) is 12.1. The molecule has 1 aromatic heterocycles. The normalized spacial score (nSPS) is 10.3. The highest BCUT2D eigenvalue weighted by atomic mass is 16.5. The number of aryl methyl sites for hydroxylation is 1. The maximum atomic E-state index is 11.3. The quantitative estimate of drug-likeness (QED) is 0.786. The number of hydrogen-bond acceptors (Lipinski definition) is 5. The highest BCUT2D eigenvalue weighted by Gasteiger charge is 2.11. The minimum atomic E-state index is -0.517. The molecule has 0 unspecified atom stereocenters. The molecule has 0 aliphatic rings. The highest BCUT2D eigenvalue weighted by molar-refractivity contribution is 5.85. The summed E-state index contributed by atoms with van der Waals surface area (Å²) < 4.78 is 4.58. The molecule has 88 valence electrons. The van der Waals surface area contributed by atoms with Crippen LogP contribution in [0.15, 0.2) is 6.07 Å². The Morgan fingerprint density at radius 2 is 2.19 bits per heavy atom. The molecule has 16 heavy (non-hydrogen) atoms. The summed E-state index contributed by atoms with van der Waals surface area (Å²) in [5, 5.41) is 3.15. The number of ether oxygens (including phenoxy) is 1. The van der Waals surface area contributed by atoms with Gasteiger partial charge in [-0.15, -0.1) is 0 Å². The molecule has 0 aliphatic heterocycles. The van der Waals surface area contributed by atoms with Crippen LogP contribution in [0.5, 0.6) is 0 Å². The van der Waals surface area contributed by atoms with E-state index in [1.54, 1.807) is 6.07 Å². The minimum Gasteiger partial charge on any atom is -0.463 e. The predicted octanol–water partition coefficient (Wildman–Crippen LogP) is 1.64. The predicted molar refractivity (Wildman–Crippen MR) is 61.4 cm³/mol. The molecule has 1 N–H and O–H groups in total. The first-order valence-corrected chi connectivity index (χ1v) is 5.20. The molecule has 0 aliphatic carbocycles. The van der Waals surface area contributed by atoms with Crippen LogP contribution in [0.3, 0.4) is 0 Å². The number of methoxy groups -OCH3 is 1. The van der Waals surface area contributed by atoms with Crippen LogP contribution in [0.2, 0.25) is 0 Å². The number of carbonyl (C=O) groups is 1. The Morgan fingerprint density at radius 1 is 1.50 bits per heavy atom. The van der Waals surface area contributed by atoms with Gasteiger partial charge in [-0.3, -0.25) is 0 Å². The molecule has 0 saturated carbocycles. The number of anilines is 1. The number of nitrogens with one attached hydrogen (secondary N) is 1. The van der Waals surface area contributed by atoms with Crippen molar-refractivity contribution < 1.29 is 9.53 Å². The molecule has 1 aromatic rings. The lowest BCUT2D eigenvalue weighted by molar-refractivity contribution is 0.0586. The van der Waals surface area contributed by atoms with Gasteiger partial charge in [0.15, 0.2) is 0 Å². The Labute approximate surface area is 95.3 Å². The van der Waals surface area contributed by atoms with E-state index in [0.29, 0.717) is 11.7 Å². The third-order valence-electron chi connectivity index (χ3n) is 1.91. The van der Waals surface area contributed by atoms with Crippen LogP contribution in [0.1, 0.15) is 30.2 Å². The summed E-state index contributed by atoms with van der Waals surface area (Å²) in [5.74, 6) is 0.739. The van der Waals surface area contributed by atoms with Crippen molar-refractivity contribution in [1.82, 2.24) is 9.97 Å². The number of esters is 1. The van der Waals surface area contributed by atoms with E-state index in [0.717, 1.165) is 12.2 Å². The second-order valence-corrected chi connectivity index (χ2v) is 3.98. The van der Waals surface area contributed by atoms with E-state index in [9.17, 15) is 4.79 Å². The van der Waals surface area contributed by atoms with Gasteiger partial charge in [-0.2, -0.15) is 0 Å². The first-order valence-electron chi connectivity index (χ1n) is 5.20. The SMILES string of the molecule is COC(=O)c1nc(C)cc(NCC(C)C)n1. The van der Waals surface area contributed by atoms with Crippen LogP contribution in [-0.4, -0.2) is 29.6 Å². The first kappa shape index (κ1) is 12.4. The van der Waals surface area contributed by atoms with Crippen molar-refractivity contribution in [1.29, 1.82) is 0 Å². The smallest absolute Gasteiger partial charge is 0.376 e. The molecule has 0 spiro atoms. The summed E-state index contributed by atoms with van der Waals surface area (Å²) >= 11 is 0. The van der Waals surface area contributed by atoms with Crippen LogP contribution < -0.4 is 5.32 Å². The molecule has 0 aromatic carbocycles. The second-order valence-electron chi connectivity index (χ2n) is 3.98. The Balaban J connectivity index is 2.85. The van der Waals surface area contributed by atoms with Gasteiger partial charge in [0, 0.05) is 18.3 Å².